The van der Waals surface area contributed by atoms with Crippen LogP contribution in [0.15, 0.2) is 0 Å². The van der Waals surface area contributed by atoms with Crippen LogP contribution in [-0.2, 0) is 23.9 Å². The number of rotatable bonds is 11. The first kappa shape index (κ1) is 26.7. The lowest BCUT2D eigenvalue weighted by atomic mass is 9.77. The highest BCUT2D eigenvalue weighted by molar-refractivity contribution is 5.88. The number of carbonyl (C=O) groups is 3. The van der Waals surface area contributed by atoms with Crippen LogP contribution in [0.25, 0.3) is 0 Å². The second kappa shape index (κ2) is 16.6. The maximum Gasteiger partial charge on any atom is 0.342 e. The van der Waals surface area contributed by atoms with Crippen LogP contribution in [0.5, 0.6) is 0 Å². The Kier molecular flexibility index (Phi) is 15.8. The van der Waals surface area contributed by atoms with E-state index in [1.165, 1.54) is 6.92 Å². The van der Waals surface area contributed by atoms with Crippen molar-refractivity contribution >= 4 is 17.7 Å². The lowest BCUT2D eigenvalue weighted by Gasteiger charge is -2.29. The van der Waals surface area contributed by atoms with Crippen LogP contribution in [-0.4, -0.2) is 54.4 Å². The molecule has 0 radical (unpaired) electrons. The van der Waals surface area contributed by atoms with Crippen LogP contribution in [0.3, 0.4) is 0 Å². The fraction of sp³-hybridized carbons (Fsp3) is 0.857. The summed E-state index contributed by atoms with van der Waals surface area (Å²) in [4.78, 5) is 33.6. The van der Waals surface area contributed by atoms with Crippen molar-refractivity contribution in [1.82, 2.24) is 0 Å². The number of hydrogen-bond acceptors (Lipinski definition) is 7. The van der Waals surface area contributed by atoms with Crippen LogP contribution in [0.2, 0.25) is 0 Å². The monoisotopic (exact) mass is 402 g/mol. The molecule has 0 aromatic heterocycles. The Morgan fingerprint density at radius 1 is 1.07 bits per heavy atom. The molecule has 0 heterocycles. The molecule has 164 valence electrons. The highest BCUT2D eigenvalue weighted by Crippen LogP contribution is 2.34. The van der Waals surface area contributed by atoms with Crippen LogP contribution in [0.4, 0.5) is 0 Å². The minimum Gasteiger partial charge on any atom is -0.396 e. The molecule has 1 rings (SSSR count). The van der Waals surface area contributed by atoms with E-state index in [1.54, 1.807) is 14.0 Å². The predicted molar refractivity (Wildman–Crippen MR) is 106 cm³/mol. The molecule has 1 aliphatic rings. The summed E-state index contributed by atoms with van der Waals surface area (Å²) in [6, 6.07) is 0. The molecule has 0 aliphatic heterocycles. The van der Waals surface area contributed by atoms with Gasteiger partial charge >= 0.3 is 11.9 Å². The molecule has 3 unspecified atom stereocenters. The second-order valence-electron chi connectivity index (χ2n) is 7.44. The molecule has 0 aromatic carbocycles. The van der Waals surface area contributed by atoms with Gasteiger partial charge in [0, 0.05) is 26.7 Å². The van der Waals surface area contributed by atoms with Crippen LogP contribution in [0, 0.1) is 11.8 Å². The van der Waals surface area contributed by atoms with Crippen molar-refractivity contribution in [2.24, 2.45) is 11.8 Å². The summed E-state index contributed by atoms with van der Waals surface area (Å²) in [6.07, 6.45) is 7.83. The average Bonchev–Trinajstić information content (AvgIpc) is 2.66. The van der Waals surface area contributed by atoms with Gasteiger partial charge in [-0.2, -0.15) is 0 Å². The number of Topliss-reactive ketones (excluding diaryl/α,β-unsaturated/α-hetero) is 1. The predicted octanol–water partition coefficient (Wildman–Crippen LogP) is 2.80. The molecule has 0 saturated heterocycles. The van der Waals surface area contributed by atoms with E-state index in [4.69, 9.17) is 19.7 Å². The van der Waals surface area contributed by atoms with E-state index in [0.717, 1.165) is 57.8 Å². The zero-order valence-electron chi connectivity index (χ0n) is 17.7. The van der Waals surface area contributed by atoms with Crippen LogP contribution >= 0.6 is 0 Å². The largest absolute Gasteiger partial charge is 0.396 e. The summed E-state index contributed by atoms with van der Waals surface area (Å²) in [7, 11) is 1.66. The molecule has 2 N–H and O–H groups in total. The molecule has 0 aromatic rings. The van der Waals surface area contributed by atoms with Crippen molar-refractivity contribution < 1.29 is 34.1 Å². The molecule has 7 nitrogen and oxygen atoms in total. The molecule has 1 aliphatic carbocycles. The third kappa shape index (κ3) is 13.0. The maximum atomic E-state index is 12.0. The normalized spacial score (nSPS) is 19.9. The van der Waals surface area contributed by atoms with E-state index in [1.807, 2.05) is 0 Å². The highest BCUT2D eigenvalue weighted by atomic mass is 16.6. The summed E-state index contributed by atoms with van der Waals surface area (Å²) in [5, 5.41) is 17.4. The van der Waals surface area contributed by atoms with Crippen LogP contribution in [0.1, 0.15) is 78.1 Å². The molecule has 1 fully saturated rings. The SMILES string of the molecule is CC(=O)CCCCCO.COCCCC1CCCCC1C(=O)OC(=O)C(C)O. The van der Waals surface area contributed by atoms with Gasteiger partial charge in [0.2, 0.25) is 0 Å². The van der Waals surface area contributed by atoms with Gasteiger partial charge < -0.3 is 24.5 Å². The van der Waals surface area contributed by atoms with Gasteiger partial charge in [0.15, 0.2) is 0 Å². The third-order valence-electron chi connectivity index (χ3n) is 4.86. The summed E-state index contributed by atoms with van der Waals surface area (Å²) < 4.78 is 9.75. The molecule has 0 amide bonds. The van der Waals surface area contributed by atoms with E-state index < -0.39 is 18.0 Å². The van der Waals surface area contributed by atoms with E-state index in [-0.39, 0.29) is 24.2 Å². The first-order valence-corrected chi connectivity index (χ1v) is 10.4. The summed E-state index contributed by atoms with van der Waals surface area (Å²) >= 11 is 0. The molecule has 28 heavy (non-hydrogen) atoms. The van der Waals surface area contributed by atoms with Gasteiger partial charge in [0.25, 0.3) is 0 Å². The Morgan fingerprint density at radius 3 is 2.32 bits per heavy atom. The van der Waals surface area contributed by atoms with Crippen molar-refractivity contribution in [1.29, 1.82) is 0 Å². The van der Waals surface area contributed by atoms with Gasteiger partial charge in [0.1, 0.15) is 11.9 Å². The topological polar surface area (TPSA) is 110 Å². The number of hydrogen-bond donors (Lipinski definition) is 2. The fourth-order valence-electron chi connectivity index (χ4n) is 3.28. The smallest absolute Gasteiger partial charge is 0.342 e. The highest BCUT2D eigenvalue weighted by Gasteiger charge is 2.33. The van der Waals surface area contributed by atoms with E-state index in [0.29, 0.717) is 13.0 Å². The molecule has 3 atom stereocenters. The summed E-state index contributed by atoms with van der Waals surface area (Å²) in [6.45, 7) is 3.83. The minimum absolute atomic E-state index is 0.215. The lowest BCUT2D eigenvalue weighted by molar-refractivity contribution is -0.169. The van der Waals surface area contributed by atoms with E-state index in [2.05, 4.69) is 0 Å². The van der Waals surface area contributed by atoms with Crippen molar-refractivity contribution in [2.75, 3.05) is 20.3 Å². The van der Waals surface area contributed by atoms with Gasteiger partial charge in [-0.25, -0.2) is 4.79 Å². The fourth-order valence-corrected chi connectivity index (χ4v) is 3.28. The molecule has 7 heteroatoms. The Hall–Kier alpha value is -1.31. The van der Waals surface area contributed by atoms with Gasteiger partial charge in [-0.3, -0.25) is 4.79 Å². The van der Waals surface area contributed by atoms with Crippen molar-refractivity contribution in [2.45, 2.75) is 84.2 Å². The van der Waals surface area contributed by atoms with Gasteiger partial charge in [-0.1, -0.05) is 19.3 Å². The molecular formula is C21H38O7. The quantitative estimate of drug-likeness (QED) is 0.311. The zero-order valence-corrected chi connectivity index (χ0v) is 17.7. The lowest BCUT2D eigenvalue weighted by Crippen LogP contribution is -2.33. The van der Waals surface area contributed by atoms with Gasteiger partial charge in [0.05, 0.1) is 5.92 Å². The first-order valence-electron chi connectivity index (χ1n) is 10.4. The Morgan fingerprint density at radius 2 is 1.75 bits per heavy atom. The first-order chi connectivity index (χ1) is 13.3. The Labute approximate surface area is 168 Å². The maximum absolute atomic E-state index is 12.0. The zero-order chi connectivity index (χ0) is 21.4. The molecule has 0 bridgehead atoms. The Balaban J connectivity index is 0.000000684. The van der Waals surface area contributed by atoms with Gasteiger partial charge in [-0.15, -0.1) is 0 Å². The second-order valence-corrected chi connectivity index (χ2v) is 7.44. The van der Waals surface area contributed by atoms with Crippen molar-refractivity contribution in [3.63, 3.8) is 0 Å². The number of ether oxygens (including phenoxy) is 2. The van der Waals surface area contributed by atoms with Crippen LogP contribution < -0.4 is 0 Å². The van der Waals surface area contributed by atoms with Gasteiger partial charge in [-0.05, 0) is 58.3 Å². The third-order valence-corrected chi connectivity index (χ3v) is 4.86. The standard InChI is InChI=1S/C14H24O5.C7H14O2/c1-10(15)13(16)19-14(17)12-8-4-3-6-11(12)7-5-9-18-2;1-7(9)5-3-2-4-6-8/h10-12,15H,3-9H2,1-2H3;8H,2-6H2,1H3. The number of esters is 2. The average molecular weight is 403 g/mol. The van der Waals surface area contributed by atoms with Crippen molar-refractivity contribution in [3.8, 4) is 0 Å². The number of aliphatic hydroxyl groups is 2. The minimum atomic E-state index is -1.25. The summed E-state index contributed by atoms with van der Waals surface area (Å²) in [5.41, 5.74) is 0. The number of unbranched alkanes of at least 4 members (excludes halogenated alkanes) is 2. The Bertz CT molecular complexity index is 448. The molecule has 0 spiro atoms. The van der Waals surface area contributed by atoms with E-state index >= 15 is 0 Å². The summed E-state index contributed by atoms with van der Waals surface area (Å²) in [5.74, 6) is -1.04. The number of aliphatic hydroxyl groups excluding tert-OH is 2. The number of carbonyl (C=O) groups excluding carboxylic acids is 3. The number of methoxy groups -OCH3 is 1. The number of ketones is 1. The molecular weight excluding hydrogens is 364 g/mol. The molecule has 1 saturated carbocycles. The van der Waals surface area contributed by atoms with Crippen molar-refractivity contribution in [3.05, 3.63) is 0 Å². The van der Waals surface area contributed by atoms with E-state index in [9.17, 15) is 14.4 Å².